The number of amides is 1. The zero-order valence-electron chi connectivity index (χ0n) is 15.0. The Bertz CT molecular complexity index is 667. The average Bonchev–Trinajstić information content (AvgIpc) is 2.60. The van der Waals surface area contributed by atoms with Crippen LogP contribution in [-0.4, -0.2) is 18.6 Å². The third-order valence-corrected chi connectivity index (χ3v) is 4.23. The molecule has 24 heavy (non-hydrogen) atoms. The zero-order chi connectivity index (χ0) is 17.5. The topological polar surface area (TPSA) is 38.3 Å². The first-order chi connectivity index (χ1) is 11.5. The smallest absolute Gasteiger partial charge is 0.261 e. The number of aryl methyl sites for hydroxylation is 2. The molecule has 2 rings (SSSR count). The zero-order valence-corrected chi connectivity index (χ0v) is 15.0. The van der Waals surface area contributed by atoms with E-state index in [0.29, 0.717) is 13.0 Å². The highest BCUT2D eigenvalue weighted by Crippen LogP contribution is 2.21. The Kier molecular flexibility index (Phi) is 6.42. The number of nitrogens with one attached hydrogen (secondary N) is 1. The van der Waals surface area contributed by atoms with Crippen LogP contribution >= 0.6 is 0 Å². The number of benzene rings is 2. The van der Waals surface area contributed by atoms with Gasteiger partial charge in [-0.15, -0.1) is 0 Å². The number of hydrogen-bond acceptors (Lipinski definition) is 2. The molecule has 0 saturated carbocycles. The molecule has 0 aliphatic heterocycles. The van der Waals surface area contributed by atoms with Gasteiger partial charge >= 0.3 is 0 Å². The molecule has 3 nitrogen and oxygen atoms in total. The second-order valence-corrected chi connectivity index (χ2v) is 6.34. The van der Waals surface area contributed by atoms with Crippen molar-refractivity contribution < 1.29 is 9.53 Å². The van der Waals surface area contributed by atoms with Gasteiger partial charge in [0.1, 0.15) is 5.75 Å². The number of carbonyl (C=O) groups is 1. The lowest BCUT2D eigenvalue weighted by Gasteiger charge is -2.20. The molecule has 0 spiro atoms. The first kappa shape index (κ1) is 18.1. The summed E-state index contributed by atoms with van der Waals surface area (Å²) in [5.41, 5.74) is 3.40. The van der Waals surface area contributed by atoms with E-state index in [1.807, 2.05) is 57.2 Å². The molecule has 0 radical (unpaired) electrons. The van der Waals surface area contributed by atoms with Crippen molar-refractivity contribution in [2.45, 2.75) is 46.1 Å². The van der Waals surface area contributed by atoms with Crippen LogP contribution in [0.25, 0.3) is 0 Å². The van der Waals surface area contributed by atoms with Crippen LogP contribution in [0.15, 0.2) is 48.5 Å². The molecule has 0 saturated heterocycles. The van der Waals surface area contributed by atoms with Gasteiger partial charge in [0, 0.05) is 6.54 Å². The Hall–Kier alpha value is -2.29. The molecular weight excluding hydrogens is 298 g/mol. The number of carbonyl (C=O) groups excluding carboxylic acids is 1. The van der Waals surface area contributed by atoms with E-state index in [1.54, 1.807) is 0 Å². The Morgan fingerprint density at radius 2 is 1.83 bits per heavy atom. The van der Waals surface area contributed by atoms with Crippen LogP contribution in [0.2, 0.25) is 0 Å². The molecule has 0 heterocycles. The summed E-state index contributed by atoms with van der Waals surface area (Å²) in [6.07, 6.45) is 0.173. The molecule has 0 fully saturated rings. The van der Waals surface area contributed by atoms with Gasteiger partial charge in [0.05, 0.1) is 0 Å². The first-order valence-electron chi connectivity index (χ1n) is 8.57. The van der Waals surface area contributed by atoms with Gasteiger partial charge in [-0.3, -0.25) is 4.79 Å². The van der Waals surface area contributed by atoms with Crippen molar-refractivity contribution in [1.82, 2.24) is 5.32 Å². The molecule has 2 aromatic rings. The summed E-state index contributed by atoms with van der Waals surface area (Å²) >= 11 is 0. The van der Waals surface area contributed by atoms with Crippen molar-refractivity contribution in [2.24, 2.45) is 0 Å². The highest BCUT2D eigenvalue weighted by molar-refractivity contribution is 5.81. The Morgan fingerprint density at radius 1 is 1.12 bits per heavy atom. The second kappa shape index (κ2) is 8.53. The van der Waals surface area contributed by atoms with Crippen molar-refractivity contribution in [3.8, 4) is 5.75 Å². The van der Waals surface area contributed by atoms with Crippen LogP contribution in [0, 0.1) is 13.8 Å². The quantitative estimate of drug-likeness (QED) is 0.820. The monoisotopic (exact) mass is 325 g/mol. The van der Waals surface area contributed by atoms with E-state index in [4.69, 9.17) is 4.74 Å². The van der Waals surface area contributed by atoms with E-state index in [2.05, 4.69) is 24.4 Å². The summed E-state index contributed by atoms with van der Waals surface area (Å²) in [6, 6.07) is 16.3. The number of ether oxygens (including phenoxy) is 1. The molecule has 1 amide bonds. The van der Waals surface area contributed by atoms with E-state index in [0.717, 1.165) is 16.9 Å². The summed E-state index contributed by atoms with van der Waals surface area (Å²) in [6.45, 7) is 8.71. The lowest BCUT2D eigenvalue weighted by molar-refractivity contribution is -0.128. The van der Waals surface area contributed by atoms with Crippen LogP contribution in [0.1, 0.15) is 42.9 Å². The number of rotatable bonds is 7. The van der Waals surface area contributed by atoms with Crippen molar-refractivity contribution in [3.63, 3.8) is 0 Å². The van der Waals surface area contributed by atoms with Gasteiger partial charge in [-0.2, -0.15) is 0 Å². The summed E-state index contributed by atoms with van der Waals surface area (Å²) in [5.74, 6) is 1.00. The minimum atomic E-state index is -0.464. The first-order valence-corrected chi connectivity index (χ1v) is 8.57. The van der Waals surface area contributed by atoms with Gasteiger partial charge in [0.15, 0.2) is 6.10 Å². The maximum atomic E-state index is 12.5. The molecular formula is C21H27NO2. The molecule has 2 aromatic carbocycles. The van der Waals surface area contributed by atoms with Gasteiger partial charge in [0.25, 0.3) is 5.91 Å². The fraction of sp³-hybridized carbons (Fsp3) is 0.381. The highest BCUT2D eigenvalue weighted by atomic mass is 16.5. The van der Waals surface area contributed by atoms with Crippen molar-refractivity contribution in [3.05, 3.63) is 65.2 Å². The van der Waals surface area contributed by atoms with Crippen LogP contribution < -0.4 is 10.1 Å². The third-order valence-electron chi connectivity index (χ3n) is 4.23. The predicted molar refractivity (Wildman–Crippen MR) is 98.5 cm³/mol. The molecule has 1 N–H and O–H groups in total. The van der Waals surface area contributed by atoms with Crippen LogP contribution in [-0.2, 0) is 4.79 Å². The minimum absolute atomic E-state index is 0.0545. The minimum Gasteiger partial charge on any atom is -0.480 e. The van der Waals surface area contributed by atoms with Crippen LogP contribution in [0.4, 0.5) is 0 Å². The highest BCUT2D eigenvalue weighted by Gasteiger charge is 2.19. The SMILES string of the molecule is CC[C@H](Oc1cc(C)ccc1C)C(=O)NC[C@H](C)c1ccccc1. The van der Waals surface area contributed by atoms with Gasteiger partial charge in [-0.05, 0) is 48.9 Å². The van der Waals surface area contributed by atoms with E-state index in [-0.39, 0.29) is 11.8 Å². The predicted octanol–water partition coefficient (Wildman–Crippen LogP) is 4.38. The standard InChI is InChI=1S/C21H27NO2/c1-5-19(24-20-13-15(2)11-12-16(20)3)21(23)22-14-17(4)18-9-7-6-8-10-18/h6-13,17,19H,5,14H2,1-4H3,(H,22,23)/t17-,19-/m0/s1. The second-order valence-electron chi connectivity index (χ2n) is 6.34. The molecule has 0 unspecified atom stereocenters. The Morgan fingerprint density at radius 3 is 2.50 bits per heavy atom. The number of hydrogen-bond donors (Lipinski definition) is 1. The Labute approximate surface area is 145 Å². The van der Waals surface area contributed by atoms with E-state index in [1.165, 1.54) is 5.56 Å². The summed E-state index contributed by atoms with van der Waals surface area (Å²) < 4.78 is 5.96. The molecule has 128 valence electrons. The Balaban J connectivity index is 1.95. The molecule has 0 aliphatic rings. The largest absolute Gasteiger partial charge is 0.480 e. The molecule has 0 aliphatic carbocycles. The molecule has 0 aromatic heterocycles. The van der Waals surface area contributed by atoms with Gasteiger partial charge in [0.2, 0.25) is 0 Å². The van der Waals surface area contributed by atoms with E-state index in [9.17, 15) is 4.79 Å². The van der Waals surface area contributed by atoms with Crippen molar-refractivity contribution in [1.29, 1.82) is 0 Å². The normalized spacial score (nSPS) is 13.2. The average molecular weight is 325 g/mol. The summed E-state index contributed by atoms with van der Waals surface area (Å²) in [7, 11) is 0. The van der Waals surface area contributed by atoms with Gasteiger partial charge in [-0.25, -0.2) is 0 Å². The maximum Gasteiger partial charge on any atom is 0.261 e. The fourth-order valence-electron chi connectivity index (χ4n) is 2.58. The molecule has 3 heteroatoms. The molecule has 0 bridgehead atoms. The van der Waals surface area contributed by atoms with Crippen LogP contribution in [0.5, 0.6) is 5.75 Å². The summed E-state index contributed by atoms with van der Waals surface area (Å²) in [4.78, 5) is 12.5. The van der Waals surface area contributed by atoms with Crippen molar-refractivity contribution >= 4 is 5.91 Å². The maximum absolute atomic E-state index is 12.5. The summed E-state index contributed by atoms with van der Waals surface area (Å²) in [5, 5.41) is 3.02. The van der Waals surface area contributed by atoms with E-state index >= 15 is 0 Å². The van der Waals surface area contributed by atoms with Crippen molar-refractivity contribution in [2.75, 3.05) is 6.54 Å². The van der Waals surface area contributed by atoms with Gasteiger partial charge < -0.3 is 10.1 Å². The lowest BCUT2D eigenvalue weighted by Crippen LogP contribution is -2.39. The molecule has 2 atom stereocenters. The van der Waals surface area contributed by atoms with E-state index < -0.39 is 6.10 Å². The fourth-order valence-corrected chi connectivity index (χ4v) is 2.58. The third kappa shape index (κ3) is 4.85. The van der Waals surface area contributed by atoms with Gasteiger partial charge in [-0.1, -0.05) is 56.3 Å². The van der Waals surface area contributed by atoms with Crippen LogP contribution in [0.3, 0.4) is 0 Å². The lowest BCUT2D eigenvalue weighted by atomic mass is 10.0.